The number of fused-ring (bicyclic) bond motifs is 1. The Kier molecular flexibility index (Phi) is 6.70. The van der Waals surface area contributed by atoms with Crippen LogP contribution in [0.5, 0.6) is 0 Å². The van der Waals surface area contributed by atoms with Crippen LogP contribution in [0.15, 0.2) is 77.9 Å². The predicted molar refractivity (Wildman–Crippen MR) is 137 cm³/mol. The molecule has 0 unspecified atom stereocenters. The zero-order valence-corrected chi connectivity index (χ0v) is 20.4. The minimum Gasteiger partial charge on any atom is -0.318 e. The number of carbonyl (C=O) groups excluding carboxylic acids is 1. The van der Waals surface area contributed by atoms with Crippen molar-refractivity contribution in [2.45, 2.75) is 13.8 Å². The first-order chi connectivity index (χ1) is 16.6. The quantitative estimate of drug-likeness (QED) is 0.308. The molecular weight excluding hydrogens is 467 g/mol. The molecule has 9 heteroatoms. The van der Waals surface area contributed by atoms with Gasteiger partial charge in [-0.15, -0.1) is 0 Å². The summed E-state index contributed by atoms with van der Waals surface area (Å²) >= 11 is 0. The molecule has 1 amide bonds. The van der Waals surface area contributed by atoms with Crippen LogP contribution in [0, 0.1) is 19.7 Å². The fourth-order valence-electron chi connectivity index (χ4n) is 4.05. The smallest absolute Gasteiger partial charge is 0.260 e. The van der Waals surface area contributed by atoms with Crippen molar-refractivity contribution in [2.75, 3.05) is 17.1 Å². The van der Waals surface area contributed by atoms with E-state index in [1.54, 1.807) is 24.3 Å². The van der Waals surface area contributed by atoms with Gasteiger partial charge in [0.2, 0.25) is 10.0 Å². The maximum Gasteiger partial charge on any atom is 0.260 e. The molecule has 1 N–H and O–H groups in total. The number of amides is 1. The molecule has 7 nitrogen and oxygen atoms in total. The second-order valence-corrected chi connectivity index (χ2v) is 10.1. The van der Waals surface area contributed by atoms with E-state index in [9.17, 15) is 17.6 Å². The highest BCUT2D eigenvalue weighted by molar-refractivity contribution is 7.92. The van der Waals surface area contributed by atoms with E-state index in [2.05, 4.69) is 10.5 Å². The summed E-state index contributed by atoms with van der Waals surface area (Å²) < 4.78 is 41.4. The number of hydrogen-bond donors (Lipinski definition) is 1. The van der Waals surface area contributed by atoms with Crippen LogP contribution < -0.4 is 9.73 Å². The molecule has 0 aliphatic carbocycles. The highest BCUT2D eigenvalue weighted by atomic mass is 32.2. The summed E-state index contributed by atoms with van der Waals surface area (Å²) in [5.41, 5.74) is 6.20. The van der Waals surface area contributed by atoms with Gasteiger partial charge in [0.05, 0.1) is 18.2 Å². The van der Waals surface area contributed by atoms with E-state index < -0.39 is 22.5 Å². The minimum atomic E-state index is -3.73. The zero-order valence-electron chi connectivity index (χ0n) is 19.6. The molecule has 4 rings (SSSR count). The lowest BCUT2D eigenvalue weighted by Crippen LogP contribution is -2.39. The van der Waals surface area contributed by atoms with Crippen molar-refractivity contribution in [1.29, 1.82) is 0 Å². The number of nitrogens with zero attached hydrogens (tertiary/aromatic N) is 3. The summed E-state index contributed by atoms with van der Waals surface area (Å²) in [5.74, 6) is -0.890. The number of benzene rings is 3. The van der Waals surface area contributed by atoms with Crippen LogP contribution in [-0.4, -0.2) is 37.9 Å². The lowest BCUT2D eigenvalue weighted by atomic mass is 10.1. The van der Waals surface area contributed by atoms with E-state index >= 15 is 0 Å². The van der Waals surface area contributed by atoms with Crippen molar-refractivity contribution in [3.05, 3.63) is 95.6 Å². The molecule has 0 saturated carbocycles. The SMILES string of the molecule is Cc1cc(/C=N/NC(=O)CN(c2cccc3ccccc23)S(C)(=O)=O)c(C)n1-c1ccc(F)cc1. The molecule has 0 aliphatic rings. The second kappa shape index (κ2) is 9.71. The molecule has 0 atom stereocenters. The van der Waals surface area contributed by atoms with E-state index in [-0.39, 0.29) is 5.82 Å². The summed E-state index contributed by atoms with van der Waals surface area (Å²) in [5, 5.41) is 5.63. The van der Waals surface area contributed by atoms with E-state index in [4.69, 9.17) is 0 Å². The Bertz CT molecular complexity index is 1520. The molecule has 1 heterocycles. The monoisotopic (exact) mass is 492 g/mol. The Morgan fingerprint density at radius 2 is 1.74 bits per heavy atom. The van der Waals surface area contributed by atoms with Crippen LogP contribution >= 0.6 is 0 Å². The van der Waals surface area contributed by atoms with Crippen molar-refractivity contribution in [1.82, 2.24) is 9.99 Å². The summed E-state index contributed by atoms with van der Waals surface area (Å²) in [4.78, 5) is 12.6. The number of aryl methyl sites for hydroxylation is 1. The minimum absolute atomic E-state index is 0.313. The highest BCUT2D eigenvalue weighted by Gasteiger charge is 2.22. The third-order valence-corrected chi connectivity index (χ3v) is 6.80. The van der Waals surface area contributed by atoms with Gasteiger partial charge in [-0.2, -0.15) is 5.10 Å². The number of hydrazone groups is 1. The number of nitrogens with one attached hydrogen (secondary N) is 1. The van der Waals surface area contributed by atoms with E-state index in [0.717, 1.165) is 44.0 Å². The van der Waals surface area contributed by atoms with Crippen molar-refractivity contribution in [3.63, 3.8) is 0 Å². The van der Waals surface area contributed by atoms with Crippen LogP contribution in [0.25, 0.3) is 16.5 Å². The van der Waals surface area contributed by atoms with Gasteiger partial charge in [-0.25, -0.2) is 18.2 Å². The Morgan fingerprint density at radius 1 is 1.06 bits per heavy atom. The Labute approximate surface area is 203 Å². The number of carbonyl (C=O) groups is 1. The van der Waals surface area contributed by atoms with Crippen LogP contribution in [0.4, 0.5) is 10.1 Å². The van der Waals surface area contributed by atoms with E-state index in [1.807, 2.05) is 54.8 Å². The summed E-state index contributed by atoms with van der Waals surface area (Å²) in [6.07, 6.45) is 2.57. The zero-order chi connectivity index (χ0) is 25.2. The second-order valence-electron chi connectivity index (χ2n) is 8.20. The van der Waals surface area contributed by atoms with Crippen LogP contribution in [0.3, 0.4) is 0 Å². The first-order valence-corrected chi connectivity index (χ1v) is 12.7. The van der Waals surface area contributed by atoms with Gasteiger partial charge in [0.25, 0.3) is 5.91 Å². The molecule has 1 aromatic heterocycles. The number of anilines is 1. The van der Waals surface area contributed by atoms with Gasteiger partial charge >= 0.3 is 0 Å². The third-order valence-electron chi connectivity index (χ3n) is 5.67. The third kappa shape index (κ3) is 5.25. The number of rotatable bonds is 7. The number of halogens is 1. The average molecular weight is 493 g/mol. The van der Waals surface area contributed by atoms with Gasteiger partial charge in [0.1, 0.15) is 12.4 Å². The van der Waals surface area contributed by atoms with Gasteiger partial charge in [-0.3, -0.25) is 9.10 Å². The highest BCUT2D eigenvalue weighted by Crippen LogP contribution is 2.28. The molecule has 35 heavy (non-hydrogen) atoms. The fourth-order valence-corrected chi connectivity index (χ4v) is 4.92. The van der Waals surface area contributed by atoms with Crippen molar-refractivity contribution < 1.29 is 17.6 Å². The molecule has 180 valence electrons. The van der Waals surface area contributed by atoms with Gasteiger partial charge in [0, 0.05) is 28.0 Å². The van der Waals surface area contributed by atoms with Gasteiger partial charge < -0.3 is 4.57 Å². The molecule has 4 aromatic rings. The van der Waals surface area contributed by atoms with Crippen molar-refractivity contribution in [3.8, 4) is 5.69 Å². The number of aromatic nitrogens is 1. The van der Waals surface area contributed by atoms with E-state index in [1.165, 1.54) is 18.3 Å². The van der Waals surface area contributed by atoms with Gasteiger partial charge in [0.15, 0.2) is 0 Å². The summed E-state index contributed by atoms with van der Waals surface area (Å²) in [6.45, 7) is 3.39. The Hall–Kier alpha value is -3.98. The first-order valence-electron chi connectivity index (χ1n) is 10.9. The van der Waals surface area contributed by atoms with E-state index in [0.29, 0.717) is 5.69 Å². The van der Waals surface area contributed by atoms with Gasteiger partial charge in [-0.1, -0.05) is 36.4 Å². The van der Waals surface area contributed by atoms with Crippen LogP contribution in [-0.2, 0) is 14.8 Å². The van der Waals surface area contributed by atoms with Crippen LogP contribution in [0.2, 0.25) is 0 Å². The number of sulfonamides is 1. The first kappa shape index (κ1) is 24.2. The molecule has 0 aliphatic heterocycles. The maximum atomic E-state index is 13.3. The predicted octanol–water partition coefficient (Wildman–Crippen LogP) is 4.30. The molecule has 0 bridgehead atoms. The molecule has 0 radical (unpaired) electrons. The largest absolute Gasteiger partial charge is 0.318 e. The fraction of sp³-hybridized carbons (Fsp3) is 0.154. The van der Waals surface area contributed by atoms with Crippen LogP contribution in [0.1, 0.15) is 17.0 Å². The van der Waals surface area contributed by atoms with Crippen molar-refractivity contribution in [2.24, 2.45) is 5.10 Å². The van der Waals surface area contributed by atoms with Gasteiger partial charge in [-0.05, 0) is 55.6 Å². The average Bonchev–Trinajstić information content (AvgIpc) is 3.10. The van der Waals surface area contributed by atoms with Crippen molar-refractivity contribution >= 4 is 38.6 Å². The lowest BCUT2D eigenvalue weighted by Gasteiger charge is -2.23. The normalized spacial score (nSPS) is 11.8. The molecular formula is C26H25FN4O3S. The molecule has 3 aromatic carbocycles. The standard InChI is InChI=1S/C26H25FN4O3S/c1-18-15-21(19(2)31(18)23-13-11-22(27)12-14-23)16-28-29-26(32)17-30(35(3,33)34)25-10-6-8-20-7-4-5-9-24(20)25/h4-16H,17H2,1-3H3,(H,29,32)/b28-16+. The number of hydrogen-bond acceptors (Lipinski definition) is 4. The maximum absolute atomic E-state index is 13.3. The summed E-state index contributed by atoms with van der Waals surface area (Å²) in [7, 11) is -3.73. The molecule has 0 spiro atoms. The summed E-state index contributed by atoms with van der Waals surface area (Å²) in [6, 6.07) is 20.7. The Morgan fingerprint density at radius 3 is 2.46 bits per heavy atom. The Balaban J connectivity index is 1.52. The molecule has 0 fully saturated rings. The molecule has 0 saturated heterocycles. The lowest BCUT2D eigenvalue weighted by molar-refractivity contribution is -0.119. The topological polar surface area (TPSA) is 83.8 Å².